The van der Waals surface area contributed by atoms with Gasteiger partial charge in [0.15, 0.2) is 0 Å². The Balaban J connectivity index is 2.32. The quantitative estimate of drug-likeness (QED) is 0.607. The number of rotatable bonds is 5. The lowest BCUT2D eigenvalue weighted by atomic mass is 10.1. The molecule has 1 saturated heterocycles. The molecule has 0 aliphatic carbocycles. The van der Waals surface area contributed by atoms with Crippen molar-refractivity contribution in [3.63, 3.8) is 0 Å². The second kappa shape index (κ2) is 7.02. The van der Waals surface area contributed by atoms with E-state index in [-0.39, 0.29) is 21.2 Å². The summed E-state index contributed by atoms with van der Waals surface area (Å²) in [7, 11) is 0. The third kappa shape index (κ3) is 3.36. The van der Waals surface area contributed by atoms with Crippen molar-refractivity contribution in [1.82, 2.24) is 4.90 Å². The topological polar surface area (TPSA) is 60.4 Å². The van der Waals surface area contributed by atoms with Crippen molar-refractivity contribution in [3.05, 3.63) is 40.6 Å². The summed E-state index contributed by atoms with van der Waals surface area (Å²) in [4.78, 5) is 24.9. The highest BCUT2D eigenvalue weighted by Crippen LogP contribution is 2.35. The molecule has 1 atom stereocenters. The molecule has 1 aliphatic rings. The molecule has 2 rings (SSSR count). The van der Waals surface area contributed by atoms with E-state index in [4.69, 9.17) is 12.2 Å². The molecule has 0 unspecified atom stereocenters. The minimum Gasteiger partial charge on any atom is -0.548 e. The molecule has 1 heterocycles. The summed E-state index contributed by atoms with van der Waals surface area (Å²) >= 11 is 6.06. The Bertz CT molecular complexity index is 660. The van der Waals surface area contributed by atoms with Crippen LogP contribution in [0.2, 0.25) is 0 Å². The van der Waals surface area contributed by atoms with E-state index in [1.54, 1.807) is 12.1 Å². The van der Waals surface area contributed by atoms with E-state index in [1.807, 2.05) is 6.92 Å². The van der Waals surface area contributed by atoms with Crippen LogP contribution in [0.4, 0.5) is 4.39 Å². The van der Waals surface area contributed by atoms with Gasteiger partial charge >= 0.3 is 0 Å². The molecule has 0 bridgehead atoms. The zero-order valence-electron chi connectivity index (χ0n) is 11.7. The second-order valence-corrected chi connectivity index (χ2v) is 6.37. The minimum absolute atomic E-state index is 0.148. The number of carboxylic acid groups (broad SMARTS) is 1. The van der Waals surface area contributed by atoms with Crippen LogP contribution in [0.1, 0.15) is 25.3 Å². The van der Waals surface area contributed by atoms with E-state index in [1.165, 1.54) is 18.2 Å². The summed E-state index contributed by atoms with van der Waals surface area (Å²) in [6, 6.07) is 4.92. The minimum atomic E-state index is -1.34. The first-order valence-electron chi connectivity index (χ1n) is 6.68. The number of hydrogen-bond donors (Lipinski definition) is 0. The van der Waals surface area contributed by atoms with E-state index >= 15 is 0 Å². The number of thiocarbonyl (C=S) groups is 1. The fourth-order valence-electron chi connectivity index (χ4n) is 2.11. The number of hydrogen-bond acceptors (Lipinski definition) is 5. The van der Waals surface area contributed by atoms with E-state index in [0.717, 1.165) is 16.7 Å². The van der Waals surface area contributed by atoms with E-state index in [0.29, 0.717) is 6.42 Å². The van der Waals surface area contributed by atoms with E-state index in [9.17, 15) is 19.1 Å². The normalized spacial score (nSPS) is 18.1. The molecule has 0 radical (unpaired) electrons. The van der Waals surface area contributed by atoms with Crippen LogP contribution in [0.15, 0.2) is 29.2 Å². The van der Waals surface area contributed by atoms with Gasteiger partial charge in [-0.15, -0.1) is 0 Å². The van der Waals surface area contributed by atoms with Crippen LogP contribution in [0, 0.1) is 5.82 Å². The maximum atomic E-state index is 13.7. The summed E-state index contributed by atoms with van der Waals surface area (Å²) in [5.74, 6) is -2.33. The van der Waals surface area contributed by atoms with Gasteiger partial charge in [-0.2, -0.15) is 0 Å². The predicted octanol–water partition coefficient (Wildman–Crippen LogP) is 1.95. The molecule has 1 aliphatic heterocycles. The van der Waals surface area contributed by atoms with Gasteiger partial charge in [0.25, 0.3) is 5.91 Å². The molecule has 1 aromatic rings. The second-order valence-electron chi connectivity index (χ2n) is 4.70. The summed E-state index contributed by atoms with van der Waals surface area (Å²) in [5, 5.41) is 11.2. The number of nitrogens with zero attached hydrogens (tertiary/aromatic N) is 1. The number of amides is 1. The highest BCUT2D eigenvalue weighted by atomic mass is 32.2. The first-order chi connectivity index (χ1) is 10.5. The molecule has 1 fully saturated rings. The zero-order chi connectivity index (χ0) is 16.3. The van der Waals surface area contributed by atoms with Gasteiger partial charge in [0.2, 0.25) is 0 Å². The monoisotopic (exact) mass is 338 g/mol. The van der Waals surface area contributed by atoms with Crippen LogP contribution < -0.4 is 5.11 Å². The first kappa shape index (κ1) is 16.6. The van der Waals surface area contributed by atoms with Crippen molar-refractivity contribution in [2.45, 2.75) is 25.8 Å². The maximum absolute atomic E-state index is 13.7. The fourth-order valence-corrected chi connectivity index (χ4v) is 3.46. The molecule has 7 heteroatoms. The smallest absolute Gasteiger partial charge is 0.266 e. The molecule has 4 nitrogen and oxygen atoms in total. The molecule has 22 heavy (non-hydrogen) atoms. The largest absolute Gasteiger partial charge is 0.548 e. The number of aliphatic carboxylic acids is 1. The van der Waals surface area contributed by atoms with Gasteiger partial charge in [-0.1, -0.05) is 55.5 Å². The highest BCUT2D eigenvalue weighted by molar-refractivity contribution is 8.26. The van der Waals surface area contributed by atoms with Crippen LogP contribution in [-0.2, 0) is 9.59 Å². The lowest BCUT2D eigenvalue weighted by Gasteiger charge is -2.27. The fraction of sp³-hybridized carbons (Fsp3) is 0.267. The zero-order valence-corrected chi connectivity index (χ0v) is 13.4. The number of halogens is 1. The van der Waals surface area contributed by atoms with Crippen molar-refractivity contribution in [1.29, 1.82) is 0 Å². The highest BCUT2D eigenvalue weighted by Gasteiger charge is 2.37. The van der Waals surface area contributed by atoms with Crippen molar-refractivity contribution in [2.75, 3.05) is 0 Å². The van der Waals surface area contributed by atoms with Gasteiger partial charge in [-0.3, -0.25) is 9.69 Å². The maximum Gasteiger partial charge on any atom is 0.266 e. The summed E-state index contributed by atoms with van der Waals surface area (Å²) in [6.07, 6.45) is 2.21. The number of benzene rings is 1. The molecular formula is C15H13FNO3S2-. The molecular weight excluding hydrogens is 325 g/mol. The number of carboxylic acids is 1. The van der Waals surface area contributed by atoms with Gasteiger partial charge in [0.1, 0.15) is 10.1 Å². The Hall–Kier alpha value is -1.73. The molecule has 0 aromatic heterocycles. The van der Waals surface area contributed by atoms with Crippen molar-refractivity contribution >= 4 is 46.3 Å². The summed E-state index contributed by atoms with van der Waals surface area (Å²) in [6.45, 7) is 1.81. The molecule has 1 amide bonds. The third-order valence-corrected chi connectivity index (χ3v) is 4.49. The van der Waals surface area contributed by atoms with Gasteiger partial charge in [0, 0.05) is 5.56 Å². The lowest BCUT2D eigenvalue weighted by Crippen LogP contribution is -2.49. The standard InChI is InChI=1S/C15H14FNO3S2/c1-2-5-11(14(19)20)17-13(18)12(22-15(17)21)8-9-6-3-4-7-10(9)16/h3-4,6-8,11H,2,5H2,1H3,(H,19,20)/p-1/b12-8-/t11-/m1/s1. The average Bonchev–Trinajstić information content (AvgIpc) is 2.73. The third-order valence-electron chi connectivity index (χ3n) is 3.16. The van der Waals surface area contributed by atoms with Gasteiger partial charge in [0.05, 0.1) is 16.9 Å². The predicted molar refractivity (Wildman–Crippen MR) is 85.1 cm³/mol. The Morgan fingerprint density at radius 1 is 1.50 bits per heavy atom. The van der Waals surface area contributed by atoms with E-state index < -0.39 is 23.7 Å². The number of thioether (sulfide) groups is 1. The van der Waals surface area contributed by atoms with Crippen molar-refractivity contribution in [2.24, 2.45) is 0 Å². The molecule has 0 N–H and O–H groups in total. The van der Waals surface area contributed by atoms with Gasteiger partial charge in [-0.05, 0) is 18.6 Å². The number of carbonyl (C=O) groups excluding carboxylic acids is 2. The molecule has 0 spiro atoms. The van der Waals surface area contributed by atoms with Gasteiger partial charge in [-0.25, -0.2) is 4.39 Å². The van der Waals surface area contributed by atoms with Crippen LogP contribution in [-0.4, -0.2) is 27.1 Å². The van der Waals surface area contributed by atoms with Crippen molar-refractivity contribution in [3.8, 4) is 0 Å². The Labute approximate surface area is 137 Å². The first-order valence-corrected chi connectivity index (χ1v) is 7.90. The number of carbonyl (C=O) groups is 2. The Kier molecular flexibility index (Phi) is 5.31. The van der Waals surface area contributed by atoms with Crippen LogP contribution >= 0.6 is 24.0 Å². The Morgan fingerprint density at radius 2 is 2.18 bits per heavy atom. The average molecular weight is 338 g/mol. The van der Waals surface area contributed by atoms with Crippen LogP contribution in [0.25, 0.3) is 6.08 Å². The molecule has 0 saturated carbocycles. The van der Waals surface area contributed by atoms with Gasteiger partial charge < -0.3 is 9.90 Å². The summed E-state index contributed by atoms with van der Waals surface area (Å²) < 4.78 is 13.8. The van der Waals surface area contributed by atoms with E-state index in [2.05, 4.69) is 0 Å². The van der Waals surface area contributed by atoms with Crippen LogP contribution in [0.5, 0.6) is 0 Å². The SMILES string of the molecule is CCC[C@H](C(=O)[O-])N1C(=O)/C(=C/c2ccccc2F)SC1=S. The van der Waals surface area contributed by atoms with Crippen molar-refractivity contribution < 1.29 is 19.1 Å². The molecule has 1 aromatic carbocycles. The van der Waals surface area contributed by atoms with Crippen LogP contribution in [0.3, 0.4) is 0 Å². The summed E-state index contributed by atoms with van der Waals surface area (Å²) in [5.41, 5.74) is 0.253. The lowest BCUT2D eigenvalue weighted by molar-refractivity contribution is -0.310. The molecule has 116 valence electrons. The Morgan fingerprint density at radius 3 is 2.77 bits per heavy atom.